The summed E-state index contributed by atoms with van der Waals surface area (Å²) in [6, 6.07) is 9.10. The van der Waals surface area contributed by atoms with E-state index in [0.717, 1.165) is 11.8 Å². The van der Waals surface area contributed by atoms with E-state index in [9.17, 15) is 0 Å². The van der Waals surface area contributed by atoms with Crippen LogP contribution in [0.2, 0.25) is 0 Å². The fraction of sp³-hybridized carbons (Fsp3) is 0.647. The van der Waals surface area contributed by atoms with Crippen LogP contribution in [0.1, 0.15) is 42.7 Å². The molecule has 1 heterocycles. The minimum absolute atomic E-state index is 0.873. The van der Waals surface area contributed by atoms with E-state index in [4.69, 9.17) is 0 Å². The molecule has 104 valence electrons. The maximum absolute atomic E-state index is 3.32. The second-order valence-electron chi connectivity index (χ2n) is 6.25. The molecule has 0 amide bonds. The van der Waals surface area contributed by atoms with E-state index in [1.54, 1.807) is 11.1 Å². The van der Waals surface area contributed by atoms with Gasteiger partial charge in [-0.2, -0.15) is 0 Å². The molecule has 0 aromatic heterocycles. The molecule has 1 N–H and O–H groups in total. The Morgan fingerprint density at radius 1 is 1.11 bits per heavy atom. The van der Waals surface area contributed by atoms with E-state index < -0.39 is 0 Å². The number of hydrogen-bond donors (Lipinski definition) is 1. The van der Waals surface area contributed by atoms with Crippen molar-refractivity contribution in [2.75, 3.05) is 26.7 Å². The quantitative estimate of drug-likeness (QED) is 0.873. The van der Waals surface area contributed by atoms with Gasteiger partial charge in [0.1, 0.15) is 0 Å². The summed E-state index contributed by atoms with van der Waals surface area (Å²) < 4.78 is 0. The van der Waals surface area contributed by atoms with Gasteiger partial charge in [-0.3, -0.25) is 4.90 Å². The largest absolute Gasteiger partial charge is 0.319 e. The molecule has 0 bridgehead atoms. The lowest BCUT2D eigenvalue weighted by Crippen LogP contribution is -2.36. The van der Waals surface area contributed by atoms with E-state index in [0.29, 0.717) is 0 Å². The third-order valence-electron chi connectivity index (χ3n) is 4.67. The van der Waals surface area contributed by atoms with Crippen LogP contribution in [0, 0.1) is 5.92 Å². The molecule has 0 unspecified atom stereocenters. The maximum atomic E-state index is 3.32. The fourth-order valence-corrected chi connectivity index (χ4v) is 3.35. The van der Waals surface area contributed by atoms with E-state index >= 15 is 0 Å². The van der Waals surface area contributed by atoms with Crippen molar-refractivity contribution in [3.8, 4) is 0 Å². The Morgan fingerprint density at radius 3 is 2.53 bits per heavy atom. The normalized spacial score (nSPS) is 21.7. The van der Waals surface area contributed by atoms with Crippen LogP contribution in [0.3, 0.4) is 0 Å². The van der Waals surface area contributed by atoms with Gasteiger partial charge in [-0.15, -0.1) is 0 Å². The van der Waals surface area contributed by atoms with Crippen molar-refractivity contribution in [2.45, 2.75) is 38.1 Å². The Labute approximate surface area is 117 Å². The van der Waals surface area contributed by atoms with Crippen LogP contribution < -0.4 is 5.32 Å². The van der Waals surface area contributed by atoms with Gasteiger partial charge in [-0.25, -0.2) is 0 Å². The molecular formula is C17H26N2. The van der Waals surface area contributed by atoms with Crippen LogP contribution in [-0.4, -0.2) is 31.6 Å². The molecule has 1 aliphatic heterocycles. The van der Waals surface area contributed by atoms with Crippen LogP contribution in [0.15, 0.2) is 24.3 Å². The van der Waals surface area contributed by atoms with Crippen LogP contribution in [-0.2, 0) is 6.54 Å². The molecule has 19 heavy (non-hydrogen) atoms. The lowest BCUT2D eigenvalue weighted by atomic mass is 9.95. The van der Waals surface area contributed by atoms with Gasteiger partial charge in [0.05, 0.1) is 0 Å². The van der Waals surface area contributed by atoms with Crippen LogP contribution in [0.25, 0.3) is 0 Å². The van der Waals surface area contributed by atoms with E-state index in [2.05, 4.69) is 41.5 Å². The Hall–Kier alpha value is -0.860. The molecule has 1 saturated carbocycles. The highest BCUT2D eigenvalue weighted by Gasteiger charge is 2.26. The highest BCUT2D eigenvalue weighted by Crippen LogP contribution is 2.41. The van der Waals surface area contributed by atoms with Crippen molar-refractivity contribution in [2.24, 2.45) is 5.92 Å². The second-order valence-corrected chi connectivity index (χ2v) is 6.25. The average molecular weight is 258 g/mol. The lowest BCUT2D eigenvalue weighted by molar-refractivity contribution is 0.176. The Bertz CT molecular complexity index is 403. The van der Waals surface area contributed by atoms with Gasteiger partial charge in [-0.1, -0.05) is 24.3 Å². The topological polar surface area (TPSA) is 15.3 Å². The summed E-state index contributed by atoms with van der Waals surface area (Å²) in [4.78, 5) is 2.65. The first-order valence-electron chi connectivity index (χ1n) is 7.81. The zero-order chi connectivity index (χ0) is 13.1. The highest BCUT2D eigenvalue weighted by atomic mass is 15.1. The smallest absolute Gasteiger partial charge is 0.0236 e. The van der Waals surface area contributed by atoms with E-state index in [-0.39, 0.29) is 0 Å². The number of benzene rings is 1. The summed E-state index contributed by atoms with van der Waals surface area (Å²) in [6.45, 7) is 4.89. The predicted molar refractivity (Wildman–Crippen MR) is 80.3 cm³/mol. The summed E-state index contributed by atoms with van der Waals surface area (Å²) >= 11 is 0. The van der Waals surface area contributed by atoms with Gasteiger partial charge in [0.25, 0.3) is 0 Å². The van der Waals surface area contributed by atoms with Gasteiger partial charge in [0.2, 0.25) is 0 Å². The number of nitrogens with zero attached hydrogens (tertiary/aromatic N) is 1. The fourth-order valence-electron chi connectivity index (χ4n) is 3.35. The molecule has 0 spiro atoms. The first kappa shape index (κ1) is 13.1. The Morgan fingerprint density at radius 2 is 1.84 bits per heavy atom. The average Bonchev–Trinajstić information content (AvgIpc) is 3.26. The molecule has 0 atom stereocenters. The summed E-state index contributed by atoms with van der Waals surface area (Å²) in [7, 11) is 2.07. The van der Waals surface area contributed by atoms with Gasteiger partial charge in [0.15, 0.2) is 0 Å². The predicted octanol–water partition coefficient (Wildman–Crippen LogP) is 3.00. The Balaban J connectivity index is 1.57. The number of nitrogens with one attached hydrogen (secondary N) is 1. The molecule has 1 aromatic carbocycles. The van der Waals surface area contributed by atoms with Crippen molar-refractivity contribution in [1.82, 2.24) is 10.2 Å². The summed E-state index contributed by atoms with van der Waals surface area (Å²) in [5, 5.41) is 3.32. The van der Waals surface area contributed by atoms with Crippen molar-refractivity contribution < 1.29 is 0 Å². The molecule has 3 rings (SSSR count). The molecule has 1 aromatic rings. The highest BCUT2D eigenvalue weighted by molar-refractivity contribution is 5.33. The summed E-state index contributed by atoms with van der Waals surface area (Å²) in [6.07, 6.45) is 5.52. The monoisotopic (exact) mass is 258 g/mol. The lowest BCUT2D eigenvalue weighted by Gasteiger charge is -2.32. The molecule has 2 heteroatoms. The number of rotatable bonds is 5. The van der Waals surface area contributed by atoms with Gasteiger partial charge in [0, 0.05) is 6.54 Å². The maximum Gasteiger partial charge on any atom is 0.0236 e. The first-order chi connectivity index (χ1) is 9.36. The standard InChI is InChI=1S/C17H26N2/c1-18-12-14-8-10-19(11-9-14)13-16-4-2-3-5-17(16)15-6-7-15/h2-5,14-15,18H,6-13H2,1H3. The van der Waals surface area contributed by atoms with Crippen LogP contribution in [0.5, 0.6) is 0 Å². The molecule has 1 aliphatic carbocycles. The van der Waals surface area contributed by atoms with Gasteiger partial charge in [-0.05, 0) is 75.3 Å². The molecule has 2 fully saturated rings. The minimum atomic E-state index is 0.873. The molecule has 2 aliphatic rings. The van der Waals surface area contributed by atoms with E-state index in [1.807, 2.05) is 0 Å². The first-order valence-corrected chi connectivity index (χ1v) is 7.81. The molecular weight excluding hydrogens is 232 g/mol. The molecule has 0 radical (unpaired) electrons. The third kappa shape index (κ3) is 3.37. The molecule has 1 saturated heterocycles. The second kappa shape index (κ2) is 6.06. The summed E-state index contributed by atoms with van der Waals surface area (Å²) in [5.74, 6) is 1.76. The van der Waals surface area contributed by atoms with Crippen molar-refractivity contribution in [3.63, 3.8) is 0 Å². The zero-order valence-corrected chi connectivity index (χ0v) is 12.1. The van der Waals surface area contributed by atoms with Crippen LogP contribution >= 0.6 is 0 Å². The molecule has 2 nitrogen and oxygen atoms in total. The SMILES string of the molecule is CNCC1CCN(Cc2ccccc2C2CC2)CC1. The summed E-state index contributed by atoms with van der Waals surface area (Å²) in [5.41, 5.74) is 3.21. The minimum Gasteiger partial charge on any atom is -0.319 e. The zero-order valence-electron chi connectivity index (χ0n) is 12.1. The van der Waals surface area contributed by atoms with Crippen molar-refractivity contribution in [3.05, 3.63) is 35.4 Å². The number of likely N-dealkylation sites (tertiary alicyclic amines) is 1. The van der Waals surface area contributed by atoms with Gasteiger partial charge < -0.3 is 5.32 Å². The van der Waals surface area contributed by atoms with Crippen molar-refractivity contribution >= 4 is 0 Å². The van der Waals surface area contributed by atoms with E-state index in [1.165, 1.54) is 51.9 Å². The van der Waals surface area contributed by atoms with Crippen molar-refractivity contribution in [1.29, 1.82) is 0 Å². The number of piperidine rings is 1. The third-order valence-corrected chi connectivity index (χ3v) is 4.67. The number of hydrogen-bond acceptors (Lipinski definition) is 2. The van der Waals surface area contributed by atoms with Crippen LogP contribution in [0.4, 0.5) is 0 Å². The Kier molecular flexibility index (Phi) is 4.19. The van der Waals surface area contributed by atoms with Gasteiger partial charge >= 0.3 is 0 Å².